The Kier molecular flexibility index (Phi) is 6.19. The maximum absolute atomic E-state index is 11.9. The molecule has 0 aliphatic rings. The lowest BCUT2D eigenvalue weighted by atomic mass is 10.1. The number of carbonyl (C=O) groups excluding carboxylic acids is 1. The van der Waals surface area contributed by atoms with E-state index in [1.165, 1.54) is 14.2 Å². The zero-order valence-corrected chi connectivity index (χ0v) is 14.2. The van der Waals surface area contributed by atoms with Gasteiger partial charge in [0.1, 0.15) is 11.5 Å². The first-order chi connectivity index (χ1) is 10.2. The molecule has 0 radical (unpaired) electrons. The average molecular weight is 330 g/mol. The summed E-state index contributed by atoms with van der Waals surface area (Å²) >= 11 is 0. The maximum Gasteiger partial charge on any atom is 0.235 e. The van der Waals surface area contributed by atoms with E-state index in [1.807, 2.05) is 0 Å². The van der Waals surface area contributed by atoms with Gasteiger partial charge in [0.25, 0.3) is 0 Å². The number of likely N-dealkylation sites (N-methyl/N-ethyl adjacent to an activating group) is 1. The zero-order valence-electron chi connectivity index (χ0n) is 13.4. The minimum atomic E-state index is -3.39. The number of nitrogens with one attached hydrogen (secondary N) is 1. The van der Waals surface area contributed by atoms with Crippen molar-refractivity contribution in [1.29, 1.82) is 0 Å². The van der Waals surface area contributed by atoms with Gasteiger partial charge in [0, 0.05) is 12.6 Å². The molecule has 1 amide bonds. The molecule has 1 atom stereocenters. The molecule has 22 heavy (non-hydrogen) atoms. The summed E-state index contributed by atoms with van der Waals surface area (Å²) in [5.41, 5.74) is 0.747. The number of hydrogen-bond acceptors (Lipinski definition) is 5. The minimum absolute atomic E-state index is 0.241. The lowest BCUT2D eigenvalue weighted by Crippen LogP contribution is -2.38. The highest BCUT2D eigenvalue weighted by atomic mass is 32.2. The smallest absolute Gasteiger partial charge is 0.235 e. The number of sulfonamides is 1. The molecule has 0 heterocycles. The highest BCUT2D eigenvalue weighted by molar-refractivity contribution is 7.88. The van der Waals surface area contributed by atoms with E-state index in [-0.39, 0.29) is 12.6 Å². The van der Waals surface area contributed by atoms with Gasteiger partial charge in [-0.2, -0.15) is 4.31 Å². The van der Waals surface area contributed by atoms with Crippen LogP contribution in [0.15, 0.2) is 18.2 Å². The molecule has 0 saturated heterocycles. The van der Waals surface area contributed by atoms with Gasteiger partial charge >= 0.3 is 0 Å². The van der Waals surface area contributed by atoms with Crippen molar-refractivity contribution in [3.05, 3.63) is 23.8 Å². The van der Waals surface area contributed by atoms with Crippen LogP contribution in [0.5, 0.6) is 11.5 Å². The van der Waals surface area contributed by atoms with Crippen LogP contribution < -0.4 is 14.8 Å². The second kappa shape index (κ2) is 7.46. The molecular weight excluding hydrogens is 308 g/mol. The Labute approximate surface area is 131 Å². The van der Waals surface area contributed by atoms with E-state index in [4.69, 9.17) is 9.47 Å². The van der Waals surface area contributed by atoms with Gasteiger partial charge < -0.3 is 14.8 Å². The second-order valence-electron chi connectivity index (χ2n) is 4.92. The van der Waals surface area contributed by atoms with Gasteiger partial charge in [0.15, 0.2) is 0 Å². The fraction of sp³-hybridized carbons (Fsp3) is 0.500. The molecule has 0 aromatic heterocycles. The molecule has 1 aromatic rings. The number of benzene rings is 1. The average Bonchev–Trinajstić information content (AvgIpc) is 2.45. The number of nitrogens with zero attached hydrogens (tertiary/aromatic N) is 1. The van der Waals surface area contributed by atoms with Gasteiger partial charge in [-0.25, -0.2) is 8.42 Å². The summed E-state index contributed by atoms with van der Waals surface area (Å²) in [6, 6.07) is 4.92. The predicted octanol–water partition coefficient (Wildman–Crippen LogP) is 0.772. The van der Waals surface area contributed by atoms with Crippen LogP contribution in [0.4, 0.5) is 0 Å². The fourth-order valence-electron chi connectivity index (χ4n) is 1.86. The summed E-state index contributed by atoms with van der Waals surface area (Å²) < 4.78 is 34.0. The Hall–Kier alpha value is -1.80. The van der Waals surface area contributed by atoms with Crippen LogP contribution in [0.2, 0.25) is 0 Å². The van der Waals surface area contributed by atoms with Crippen LogP contribution in [0.1, 0.15) is 18.5 Å². The number of methoxy groups -OCH3 is 2. The third-order valence-corrected chi connectivity index (χ3v) is 4.47. The van der Waals surface area contributed by atoms with Crippen molar-refractivity contribution in [2.75, 3.05) is 34.1 Å². The third-order valence-electron chi connectivity index (χ3n) is 3.21. The van der Waals surface area contributed by atoms with Crippen LogP contribution in [0.25, 0.3) is 0 Å². The van der Waals surface area contributed by atoms with Crippen LogP contribution in [-0.4, -0.2) is 52.7 Å². The Morgan fingerprint density at radius 1 is 1.32 bits per heavy atom. The Morgan fingerprint density at radius 2 is 1.95 bits per heavy atom. The molecule has 0 aliphatic heterocycles. The van der Waals surface area contributed by atoms with E-state index in [0.717, 1.165) is 16.1 Å². The summed E-state index contributed by atoms with van der Waals surface area (Å²) in [4.78, 5) is 11.9. The number of carbonyl (C=O) groups is 1. The van der Waals surface area contributed by atoms with E-state index in [1.54, 1.807) is 32.2 Å². The molecular formula is C14H22N2O5S. The fourth-order valence-corrected chi connectivity index (χ4v) is 2.21. The SMILES string of the molecule is COc1ccc(OC)c(C(C)NC(=O)CN(C)S(C)(=O)=O)c1. The van der Waals surface area contributed by atoms with Crippen molar-refractivity contribution < 1.29 is 22.7 Å². The largest absolute Gasteiger partial charge is 0.497 e. The summed E-state index contributed by atoms with van der Waals surface area (Å²) in [5, 5.41) is 2.74. The molecule has 1 unspecified atom stereocenters. The molecule has 0 aliphatic carbocycles. The molecule has 1 rings (SSSR count). The van der Waals surface area contributed by atoms with Gasteiger partial charge in [-0.05, 0) is 25.1 Å². The van der Waals surface area contributed by atoms with Gasteiger partial charge in [-0.3, -0.25) is 4.79 Å². The predicted molar refractivity (Wildman–Crippen MR) is 83.6 cm³/mol. The minimum Gasteiger partial charge on any atom is -0.497 e. The number of ether oxygens (including phenoxy) is 2. The molecule has 0 saturated carbocycles. The lowest BCUT2D eigenvalue weighted by Gasteiger charge is -2.20. The quantitative estimate of drug-likeness (QED) is 0.798. The van der Waals surface area contributed by atoms with Crippen molar-refractivity contribution in [2.24, 2.45) is 0 Å². The molecule has 124 valence electrons. The van der Waals surface area contributed by atoms with Crippen molar-refractivity contribution in [1.82, 2.24) is 9.62 Å². The van der Waals surface area contributed by atoms with E-state index in [9.17, 15) is 13.2 Å². The maximum atomic E-state index is 11.9. The Balaban J connectivity index is 2.84. The number of rotatable bonds is 7. The van der Waals surface area contributed by atoms with Crippen molar-refractivity contribution in [3.8, 4) is 11.5 Å². The van der Waals surface area contributed by atoms with Gasteiger partial charge in [-0.15, -0.1) is 0 Å². The first-order valence-corrected chi connectivity index (χ1v) is 8.46. The summed E-state index contributed by atoms with van der Waals surface area (Å²) in [6.45, 7) is 1.55. The second-order valence-corrected chi connectivity index (χ2v) is 7.01. The highest BCUT2D eigenvalue weighted by Gasteiger charge is 2.19. The van der Waals surface area contributed by atoms with Crippen LogP contribution in [-0.2, 0) is 14.8 Å². The molecule has 1 N–H and O–H groups in total. The van der Waals surface area contributed by atoms with Gasteiger partial charge in [-0.1, -0.05) is 0 Å². The van der Waals surface area contributed by atoms with E-state index in [0.29, 0.717) is 11.5 Å². The lowest BCUT2D eigenvalue weighted by molar-refractivity contribution is -0.121. The van der Waals surface area contributed by atoms with Crippen molar-refractivity contribution >= 4 is 15.9 Å². The summed E-state index contributed by atoms with van der Waals surface area (Å²) in [5.74, 6) is 0.862. The van der Waals surface area contributed by atoms with E-state index in [2.05, 4.69) is 5.32 Å². The van der Waals surface area contributed by atoms with Gasteiger partial charge in [0.05, 0.1) is 33.1 Å². The number of amides is 1. The molecule has 8 heteroatoms. The normalized spacial score (nSPS) is 12.8. The summed E-state index contributed by atoms with van der Waals surface area (Å²) in [6.07, 6.45) is 1.05. The molecule has 0 spiro atoms. The van der Waals surface area contributed by atoms with E-state index < -0.39 is 15.9 Å². The first kappa shape index (κ1) is 18.2. The third kappa shape index (κ3) is 4.88. The molecule has 1 aromatic carbocycles. The highest BCUT2D eigenvalue weighted by Crippen LogP contribution is 2.29. The zero-order chi connectivity index (χ0) is 16.9. The van der Waals surface area contributed by atoms with E-state index >= 15 is 0 Å². The van der Waals surface area contributed by atoms with Crippen LogP contribution in [0.3, 0.4) is 0 Å². The van der Waals surface area contributed by atoms with Crippen molar-refractivity contribution in [3.63, 3.8) is 0 Å². The topological polar surface area (TPSA) is 84.9 Å². The van der Waals surface area contributed by atoms with Crippen LogP contribution >= 0.6 is 0 Å². The molecule has 0 bridgehead atoms. The number of hydrogen-bond donors (Lipinski definition) is 1. The van der Waals surface area contributed by atoms with Gasteiger partial charge in [0.2, 0.25) is 15.9 Å². The molecule has 0 fully saturated rings. The Morgan fingerprint density at radius 3 is 2.45 bits per heavy atom. The summed E-state index contributed by atoms with van der Waals surface area (Å²) in [7, 11) is 1.05. The first-order valence-electron chi connectivity index (χ1n) is 6.61. The standard InChI is InChI=1S/C14H22N2O5S/c1-10(15-14(17)9-16(2)22(5,18)19)12-8-11(20-3)6-7-13(12)21-4/h6-8,10H,9H2,1-5H3,(H,15,17). The van der Waals surface area contributed by atoms with Crippen LogP contribution in [0, 0.1) is 0 Å². The van der Waals surface area contributed by atoms with Crippen molar-refractivity contribution in [2.45, 2.75) is 13.0 Å². The Bertz CT molecular complexity index is 630. The molecule has 7 nitrogen and oxygen atoms in total. The monoisotopic (exact) mass is 330 g/mol.